The van der Waals surface area contributed by atoms with Gasteiger partial charge in [0.2, 0.25) is 0 Å². The van der Waals surface area contributed by atoms with Gasteiger partial charge in [0.15, 0.2) is 0 Å². The molecule has 0 fully saturated rings. The third kappa shape index (κ3) is 4.94. The summed E-state index contributed by atoms with van der Waals surface area (Å²) in [5.74, 6) is -0.412. The molecule has 0 unspecified atom stereocenters. The van der Waals surface area contributed by atoms with Crippen molar-refractivity contribution < 1.29 is 14.7 Å². The first-order valence-electron chi connectivity index (χ1n) is 4.86. The first kappa shape index (κ1) is 12.0. The fourth-order valence-corrected chi connectivity index (χ4v) is 1.04. The highest BCUT2D eigenvalue weighted by Crippen LogP contribution is 1.98. The molecule has 1 aromatic rings. The first-order chi connectivity index (χ1) is 7.68. The number of pyridine rings is 1. The maximum atomic E-state index is 11.2. The van der Waals surface area contributed by atoms with E-state index in [0.29, 0.717) is 18.8 Å². The molecule has 0 aliphatic carbocycles. The molecule has 1 rings (SSSR count). The minimum Gasteiger partial charge on any atom is -0.481 e. The Labute approximate surface area is 92.7 Å². The van der Waals surface area contributed by atoms with Crippen LogP contribution in [0.15, 0.2) is 24.4 Å². The van der Waals surface area contributed by atoms with Gasteiger partial charge >= 0.3 is 12.0 Å². The summed E-state index contributed by atoms with van der Waals surface area (Å²) in [6, 6.07) is 4.78. The lowest BCUT2D eigenvalue weighted by molar-refractivity contribution is -0.137. The van der Waals surface area contributed by atoms with Crippen LogP contribution in [0.1, 0.15) is 12.8 Å². The van der Waals surface area contributed by atoms with Crippen molar-refractivity contribution in [3.05, 3.63) is 24.4 Å². The lowest BCUT2D eigenvalue weighted by atomic mass is 10.3. The van der Waals surface area contributed by atoms with E-state index in [-0.39, 0.29) is 12.5 Å². The van der Waals surface area contributed by atoms with Gasteiger partial charge in [-0.15, -0.1) is 0 Å². The van der Waals surface area contributed by atoms with Crippen molar-refractivity contribution >= 4 is 17.8 Å². The van der Waals surface area contributed by atoms with Crippen molar-refractivity contribution in [1.29, 1.82) is 0 Å². The van der Waals surface area contributed by atoms with Gasteiger partial charge in [0.1, 0.15) is 5.82 Å². The van der Waals surface area contributed by atoms with Crippen LogP contribution in [0, 0.1) is 0 Å². The van der Waals surface area contributed by atoms with E-state index in [1.807, 2.05) is 0 Å². The molecule has 2 amide bonds. The quantitative estimate of drug-likeness (QED) is 0.651. The third-order valence-electron chi connectivity index (χ3n) is 1.76. The number of anilines is 1. The number of aromatic nitrogens is 1. The minimum atomic E-state index is -0.869. The van der Waals surface area contributed by atoms with Gasteiger partial charge in [-0.25, -0.2) is 9.78 Å². The number of nitrogens with one attached hydrogen (secondary N) is 2. The zero-order chi connectivity index (χ0) is 11.8. The molecular formula is C10H13N3O3. The summed E-state index contributed by atoms with van der Waals surface area (Å²) in [7, 11) is 0. The van der Waals surface area contributed by atoms with Gasteiger partial charge in [0.05, 0.1) is 0 Å². The molecule has 0 saturated heterocycles. The number of hydrogen-bond donors (Lipinski definition) is 3. The molecule has 0 radical (unpaired) electrons. The predicted octanol–water partition coefficient (Wildman–Crippen LogP) is 1.07. The third-order valence-corrected chi connectivity index (χ3v) is 1.76. The second-order valence-electron chi connectivity index (χ2n) is 3.09. The Balaban J connectivity index is 2.19. The number of carboxylic acid groups (broad SMARTS) is 1. The van der Waals surface area contributed by atoms with Crippen LogP contribution in [0.4, 0.5) is 10.6 Å². The molecule has 0 atom stereocenters. The molecule has 1 aromatic heterocycles. The van der Waals surface area contributed by atoms with E-state index in [0.717, 1.165) is 0 Å². The van der Waals surface area contributed by atoms with Crippen molar-refractivity contribution in [1.82, 2.24) is 10.3 Å². The molecule has 0 aromatic carbocycles. The lowest BCUT2D eigenvalue weighted by Crippen LogP contribution is -2.30. The topological polar surface area (TPSA) is 91.3 Å². The highest BCUT2D eigenvalue weighted by molar-refractivity contribution is 5.88. The van der Waals surface area contributed by atoms with E-state index < -0.39 is 5.97 Å². The summed E-state index contributed by atoms with van der Waals surface area (Å²) < 4.78 is 0. The second-order valence-corrected chi connectivity index (χ2v) is 3.09. The van der Waals surface area contributed by atoms with Crippen molar-refractivity contribution in [3.8, 4) is 0 Å². The number of urea groups is 1. The fourth-order valence-electron chi connectivity index (χ4n) is 1.04. The SMILES string of the molecule is O=C(O)CCCNC(=O)Nc1ccccn1. The Hall–Kier alpha value is -2.11. The Morgan fingerprint density at radius 3 is 2.81 bits per heavy atom. The number of carboxylic acids is 1. The van der Waals surface area contributed by atoms with Crippen molar-refractivity contribution in [2.45, 2.75) is 12.8 Å². The maximum Gasteiger partial charge on any atom is 0.320 e. The van der Waals surface area contributed by atoms with Crippen molar-refractivity contribution in [3.63, 3.8) is 0 Å². The monoisotopic (exact) mass is 223 g/mol. The highest BCUT2D eigenvalue weighted by atomic mass is 16.4. The zero-order valence-corrected chi connectivity index (χ0v) is 8.64. The summed E-state index contributed by atoms with van der Waals surface area (Å²) >= 11 is 0. The smallest absolute Gasteiger partial charge is 0.320 e. The number of aliphatic carboxylic acids is 1. The van der Waals surface area contributed by atoms with E-state index in [1.165, 1.54) is 0 Å². The normalized spacial score (nSPS) is 9.50. The van der Waals surface area contributed by atoms with Crippen LogP contribution < -0.4 is 10.6 Å². The summed E-state index contributed by atoms with van der Waals surface area (Å²) in [4.78, 5) is 25.4. The lowest BCUT2D eigenvalue weighted by Gasteiger charge is -2.05. The Bertz CT molecular complexity index is 354. The van der Waals surface area contributed by atoms with Gasteiger partial charge in [0.25, 0.3) is 0 Å². The van der Waals surface area contributed by atoms with Crippen LogP contribution in [0.25, 0.3) is 0 Å². The molecule has 6 nitrogen and oxygen atoms in total. The summed E-state index contributed by atoms with van der Waals surface area (Å²) in [6.45, 7) is 0.324. The van der Waals surface area contributed by atoms with Gasteiger partial charge in [-0.05, 0) is 18.6 Å². The van der Waals surface area contributed by atoms with Gasteiger partial charge < -0.3 is 10.4 Å². The van der Waals surface area contributed by atoms with Crippen LogP contribution in [-0.2, 0) is 4.79 Å². The Morgan fingerprint density at radius 1 is 1.38 bits per heavy atom. The van der Waals surface area contributed by atoms with Crippen LogP contribution in [0.5, 0.6) is 0 Å². The Kier molecular flexibility index (Phi) is 4.78. The molecule has 0 bridgehead atoms. The highest BCUT2D eigenvalue weighted by Gasteiger charge is 2.01. The first-order valence-corrected chi connectivity index (χ1v) is 4.86. The number of rotatable bonds is 5. The Morgan fingerprint density at radius 2 is 2.19 bits per heavy atom. The number of carbonyl (C=O) groups is 2. The van der Waals surface area contributed by atoms with Crippen molar-refractivity contribution in [2.24, 2.45) is 0 Å². The summed E-state index contributed by atoms with van der Waals surface area (Å²) in [5, 5.41) is 13.4. The largest absolute Gasteiger partial charge is 0.481 e. The van der Waals surface area contributed by atoms with Crippen LogP contribution in [-0.4, -0.2) is 28.6 Å². The van der Waals surface area contributed by atoms with Gasteiger partial charge in [-0.3, -0.25) is 10.1 Å². The minimum absolute atomic E-state index is 0.0455. The average Bonchev–Trinajstić information content (AvgIpc) is 2.25. The second kappa shape index (κ2) is 6.39. The molecule has 0 spiro atoms. The molecule has 6 heteroatoms. The van der Waals surface area contributed by atoms with E-state index in [2.05, 4.69) is 15.6 Å². The number of nitrogens with zero attached hydrogens (tertiary/aromatic N) is 1. The molecule has 3 N–H and O–H groups in total. The standard InChI is InChI=1S/C10H13N3O3/c14-9(15)5-3-7-12-10(16)13-8-4-1-2-6-11-8/h1-2,4,6H,3,5,7H2,(H,14,15)(H2,11,12,13,16). The zero-order valence-electron chi connectivity index (χ0n) is 8.64. The van der Waals surface area contributed by atoms with Crippen molar-refractivity contribution in [2.75, 3.05) is 11.9 Å². The van der Waals surface area contributed by atoms with E-state index in [1.54, 1.807) is 24.4 Å². The van der Waals surface area contributed by atoms with E-state index >= 15 is 0 Å². The van der Waals surface area contributed by atoms with Gasteiger partial charge in [-0.2, -0.15) is 0 Å². The van der Waals surface area contributed by atoms with Gasteiger partial charge in [0, 0.05) is 19.2 Å². The molecule has 0 aliphatic heterocycles. The number of carbonyl (C=O) groups excluding carboxylic acids is 1. The average molecular weight is 223 g/mol. The number of amides is 2. The number of hydrogen-bond acceptors (Lipinski definition) is 3. The van der Waals surface area contributed by atoms with Crippen LogP contribution in [0.3, 0.4) is 0 Å². The molecule has 0 saturated carbocycles. The molecular weight excluding hydrogens is 210 g/mol. The maximum absolute atomic E-state index is 11.2. The molecule has 16 heavy (non-hydrogen) atoms. The predicted molar refractivity (Wildman–Crippen MR) is 58.1 cm³/mol. The molecule has 0 aliphatic rings. The summed E-state index contributed by atoms with van der Waals surface area (Å²) in [5.41, 5.74) is 0. The van der Waals surface area contributed by atoms with Gasteiger partial charge in [-0.1, -0.05) is 6.07 Å². The fraction of sp³-hybridized carbons (Fsp3) is 0.300. The molecule has 86 valence electrons. The summed E-state index contributed by atoms with van der Waals surface area (Å²) in [6.07, 6.45) is 2.02. The van der Waals surface area contributed by atoms with Crippen LogP contribution in [0.2, 0.25) is 0 Å². The van der Waals surface area contributed by atoms with Crippen LogP contribution >= 0.6 is 0 Å². The molecule has 1 heterocycles. The van der Waals surface area contributed by atoms with E-state index in [9.17, 15) is 9.59 Å². The van der Waals surface area contributed by atoms with E-state index in [4.69, 9.17) is 5.11 Å².